The van der Waals surface area contributed by atoms with Crippen LogP contribution in [0.5, 0.6) is 5.88 Å². The monoisotopic (exact) mass is 763 g/mol. The number of rotatable bonds is 14. The number of ether oxygens (including phenoxy) is 3. The standard InChI is InChI=1S/C39H53N7O9/c1-3-54-39(52)44-22-20-43(21-23-44)37(50)29(38(51)53-2)18-17-26-10-7-15-30(26)41-35(48)31-24-34(46(42-31)28-13-5-4-6-14-28)55-25-33(47)45-19-9-16-32(45)36(49)40-27-11-8-12-27/h4-6,13-14,24,26-27,29-30,32H,3,7-12,15-23,25H2,1-2H3,(H,40,49)(H,41,48). The predicted octanol–water partition coefficient (Wildman–Crippen LogP) is 2.68. The highest BCUT2D eigenvalue weighted by Gasteiger charge is 2.38. The first-order valence-corrected chi connectivity index (χ1v) is 19.6. The van der Waals surface area contributed by atoms with Crippen molar-refractivity contribution in [2.75, 3.05) is 53.0 Å². The molecule has 0 bridgehead atoms. The summed E-state index contributed by atoms with van der Waals surface area (Å²) in [6.07, 6.45) is 7.14. The molecule has 6 rings (SSSR count). The number of aromatic nitrogens is 2. The molecule has 16 heteroatoms. The topological polar surface area (TPSA) is 182 Å². The molecule has 4 unspecified atom stereocenters. The molecule has 55 heavy (non-hydrogen) atoms. The highest BCUT2D eigenvalue weighted by atomic mass is 16.6. The van der Waals surface area contributed by atoms with Gasteiger partial charge >= 0.3 is 12.1 Å². The number of carbonyl (C=O) groups excluding carboxylic acids is 6. The molecule has 4 fully saturated rings. The van der Waals surface area contributed by atoms with Crippen molar-refractivity contribution < 1.29 is 43.0 Å². The van der Waals surface area contributed by atoms with Crippen LogP contribution in [0.25, 0.3) is 5.69 Å². The Morgan fingerprint density at radius 2 is 1.60 bits per heavy atom. The summed E-state index contributed by atoms with van der Waals surface area (Å²) in [5.74, 6) is -2.53. The summed E-state index contributed by atoms with van der Waals surface area (Å²) in [6.45, 7) is 3.37. The van der Waals surface area contributed by atoms with Crippen LogP contribution < -0.4 is 15.4 Å². The Morgan fingerprint density at radius 3 is 2.29 bits per heavy atom. The molecule has 5 amide bonds. The Balaban J connectivity index is 1.07. The summed E-state index contributed by atoms with van der Waals surface area (Å²) in [4.78, 5) is 83.2. The average molecular weight is 764 g/mol. The van der Waals surface area contributed by atoms with Crippen LogP contribution >= 0.6 is 0 Å². The van der Waals surface area contributed by atoms with Gasteiger partial charge in [0.1, 0.15) is 12.0 Å². The van der Waals surface area contributed by atoms with E-state index in [0.717, 1.165) is 44.9 Å². The van der Waals surface area contributed by atoms with E-state index in [2.05, 4.69) is 15.7 Å². The van der Waals surface area contributed by atoms with E-state index in [-0.39, 0.29) is 66.9 Å². The normalized spacial score (nSPS) is 21.7. The number of hydrogen-bond donors (Lipinski definition) is 2. The SMILES string of the molecule is CCOC(=O)N1CCN(C(=O)C(CCC2CCCC2NC(=O)c2cc(OCC(=O)N3CCCC3C(=O)NC3CCC3)n(-c3ccccc3)n2)C(=O)OC)CC1. The van der Waals surface area contributed by atoms with Gasteiger partial charge < -0.3 is 39.5 Å². The van der Waals surface area contributed by atoms with Crippen molar-refractivity contribution in [2.45, 2.75) is 89.3 Å². The fourth-order valence-electron chi connectivity index (χ4n) is 7.96. The van der Waals surface area contributed by atoms with Gasteiger partial charge in [-0.05, 0) is 82.8 Å². The van der Waals surface area contributed by atoms with Crippen LogP contribution in [0, 0.1) is 11.8 Å². The van der Waals surface area contributed by atoms with Crippen molar-refractivity contribution in [3.05, 3.63) is 42.1 Å². The van der Waals surface area contributed by atoms with E-state index in [4.69, 9.17) is 14.2 Å². The number of benzene rings is 1. The average Bonchev–Trinajstić information content (AvgIpc) is 3.96. The molecule has 0 spiro atoms. The van der Waals surface area contributed by atoms with E-state index in [1.54, 1.807) is 21.6 Å². The highest BCUT2D eigenvalue weighted by molar-refractivity contribution is 5.98. The molecule has 2 aliphatic heterocycles. The van der Waals surface area contributed by atoms with Crippen LogP contribution in [0.1, 0.15) is 81.6 Å². The third kappa shape index (κ3) is 9.57. The lowest BCUT2D eigenvalue weighted by Gasteiger charge is -2.35. The van der Waals surface area contributed by atoms with Crippen LogP contribution in [0.3, 0.4) is 0 Å². The molecule has 2 saturated heterocycles. The molecule has 3 heterocycles. The third-order valence-corrected chi connectivity index (χ3v) is 11.3. The van der Waals surface area contributed by atoms with Crippen molar-refractivity contribution in [1.82, 2.24) is 35.1 Å². The van der Waals surface area contributed by atoms with Crippen LogP contribution in [0.2, 0.25) is 0 Å². The van der Waals surface area contributed by atoms with Crippen LogP contribution in [0.4, 0.5) is 4.79 Å². The summed E-state index contributed by atoms with van der Waals surface area (Å²) >= 11 is 0. The molecule has 2 aromatic rings. The summed E-state index contributed by atoms with van der Waals surface area (Å²) in [5.41, 5.74) is 0.753. The second-order valence-corrected chi connectivity index (χ2v) is 14.7. The van der Waals surface area contributed by atoms with Crippen molar-refractivity contribution in [2.24, 2.45) is 11.8 Å². The number of piperazine rings is 1. The quantitative estimate of drug-likeness (QED) is 0.215. The molecular formula is C39H53N7O9. The maximum Gasteiger partial charge on any atom is 0.409 e. The summed E-state index contributed by atoms with van der Waals surface area (Å²) in [6, 6.07) is 10.1. The Morgan fingerprint density at radius 1 is 0.873 bits per heavy atom. The van der Waals surface area contributed by atoms with E-state index in [1.165, 1.54) is 17.9 Å². The minimum Gasteiger partial charge on any atom is -0.468 e. The maximum absolute atomic E-state index is 13.7. The number of hydrogen-bond acceptors (Lipinski definition) is 10. The fourth-order valence-corrected chi connectivity index (χ4v) is 7.96. The molecule has 0 radical (unpaired) electrons. The number of methoxy groups -OCH3 is 1. The summed E-state index contributed by atoms with van der Waals surface area (Å²) < 4.78 is 17.6. The van der Waals surface area contributed by atoms with Crippen molar-refractivity contribution in [3.63, 3.8) is 0 Å². The van der Waals surface area contributed by atoms with Crippen molar-refractivity contribution in [1.29, 1.82) is 0 Å². The van der Waals surface area contributed by atoms with Gasteiger partial charge in [0.2, 0.25) is 17.7 Å². The first-order valence-electron chi connectivity index (χ1n) is 19.6. The molecule has 2 saturated carbocycles. The molecule has 4 aliphatic rings. The lowest BCUT2D eigenvalue weighted by Crippen LogP contribution is -2.53. The fraction of sp³-hybridized carbons (Fsp3) is 0.615. The minimum atomic E-state index is -0.993. The van der Waals surface area contributed by atoms with E-state index in [9.17, 15) is 28.8 Å². The molecule has 2 aliphatic carbocycles. The lowest BCUT2D eigenvalue weighted by molar-refractivity contribution is -0.155. The lowest BCUT2D eigenvalue weighted by atomic mass is 9.91. The van der Waals surface area contributed by atoms with Crippen LogP contribution in [-0.4, -0.2) is 131 Å². The number of amides is 5. The van der Waals surface area contributed by atoms with E-state index in [0.29, 0.717) is 51.3 Å². The van der Waals surface area contributed by atoms with Gasteiger partial charge in [-0.25, -0.2) is 9.48 Å². The van der Waals surface area contributed by atoms with E-state index >= 15 is 0 Å². The molecule has 1 aromatic carbocycles. The molecular weight excluding hydrogens is 710 g/mol. The van der Waals surface area contributed by atoms with Gasteiger partial charge in [0.25, 0.3) is 11.8 Å². The number of carbonyl (C=O) groups is 6. The van der Waals surface area contributed by atoms with Crippen LogP contribution in [0.15, 0.2) is 36.4 Å². The largest absolute Gasteiger partial charge is 0.468 e. The van der Waals surface area contributed by atoms with Gasteiger partial charge in [-0.15, -0.1) is 0 Å². The summed E-state index contributed by atoms with van der Waals surface area (Å²) in [7, 11) is 1.26. The molecule has 4 atom stereocenters. The zero-order valence-electron chi connectivity index (χ0n) is 31.8. The van der Waals surface area contributed by atoms with E-state index < -0.39 is 29.9 Å². The zero-order valence-corrected chi connectivity index (χ0v) is 31.8. The number of nitrogens with zero attached hydrogens (tertiary/aromatic N) is 5. The third-order valence-electron chi connectivity index (χ3n) is 11.3. The smallest absolute Gasteiger partial charge is 0.409 e. The second kappa shape index (κ2) is 18.5. The number of nitrogens with one attached hydrogen (secondary N) is 2. The number of esters is 1. The minimum absolute atomic E-state index is 0.0176. The Bertz CT molecular complexity index is 1690. The first kappa shape index (κ1) is 39.5. The second-order valence-electron chi connectivity index (χ2n) is 14.7. The number of para-hydroxylation sites is 1. The first-order chi connectivity index (χ1) is 26.7. The van der Waals surface area contributed by atoms with Gasteiger partial charge in [0.05, 0.1) is 19.4 Å². The van der Waals surface area contributed by atoms with Gasteiger partial charge in [0, 0.05) is 50.9 Å². The molecule has 2 N–H and O–H groups in total. The maximum atomic E-state index is 13.7. The van der Waals surface area contributed by atoms with Crippen LogP contribution in [-0.2, 0) is 28.7 Å². The Kier molecular flexibility index (Phi) is 13.3. The zero-order chi connectivity index (χ0) is 38.9. The molecule has 1 aromatic heterocycles. The predicted molar refractivity (Wildman–Crippen MR) is 198 cm³/mol. The van der Waals surface area contributed by atoms with Crippen molar-refractivity contribution >= 4 is 35.7 Å². The molecule has 298 valence electrons. The van der Waals surface area contributed by atoms with Gasteiger partial charge in [-0.2, -0.15) is 5.10 Å². The highest BCUT2D eigenvalue weighted by Crippen LogP contribution is 2.32. The van der Waals surface area contributed by atoms with Gasteiger partial charge in [-0.3, -0.25) is 24.0 Å². The Labute approximate surface area is 321 Å². The van der Waals surface area contributed by atoms with Gasteiger partial charge in [-0.1, -0.05) is 24.6 Å². The van der Waals surface area contributed by atoms with Crippen molar-refractivity contribution in [3.8, 4) is 11.6 Å². The van der Waals surface area contributed by atoms with Gasteiger partial charge in [0.15, 0.2) is 12.3 Å². The van der Waals surface area contributed by atoms with E-state index in [1.807, 2.05) is 30.3 Å². The molecule has 16 nitrogen and oxygen atoms in total. The number of likely N-dealkylation sites (tertiary alicyclic amines) is 1. The summed E-state index contributed by atoms with van der Waals surface area (Å²) in [5, 5.41) is 10.8. The Hall–Kier alpha value is -5.15.